The highest BCUT2D eigenvalue weighted by atomic mass is 35.5. The average Bonchev–Trinajstić information content (AvgIpc) is 2.71. The number of rotatable bonds is 6. The van der Waals surface area contributed by atoms with Gasteiger partial charge in [0.15, 0.2) is 11.5 Å². The zero-order valence-corrected chi connectivity index (χ0v) is 17.6. The van der Waals surface area contributed by atoms with E-state index in [-0.39, 0.29) is 29.4 Å². The molecule has 0 bridgehead atoms. The van der Waals surface area contributed by atoms with Crippen LogP contribution in [0, 0.1) is 5.92 Å². The molecule has 2 aromatic carbocycles. The van der Waals surface area contributed by atoms with Gasteiger partial charge in [0.25, 0.3) is 5.91 Å². The molecule has 2 aromatic rings. The second-order valence-corrected chi connectivity index (χ2v) is 7.82. The Kier molecular flexibility index (Phi) is 6.87. The predicted molar refractivity (Wildman–Crippen MR) is 112 cm³/mol. The Morgan fingerprint density at radius 3 is 2.41 bits per heavy atom. The largest absolute Gasteiger partial charge is 0.486 e. The van der Waals surface area contributed by atoms with E-state index in [1.165, 1.54) is 12.1 Å². The lowest BCUT2D eigenvalue weighted by atomic mass is 9.95. The third-order valence-electron chi connectivity index (χ3n) is 4.50. The molecular weight excluding hydrogens is 415 g/mol. The summed E-state index contributed by atoms with van der Waals surface area (Å²) in [5.74, 6) is 0.794. The molecule has 6 nitrogen and oxygen atoms in total. The van der Waals surface area contributed by atoms with E-state index in [2.05, 4.69) is 10.6 Å². The molecule has 0 saturated carbocycles. The number of amides is 2. The van der Waals surface area contributed by atoms with Gasteiger partial charge in [-0.2, -0.15) is 0 Å². The molecule has 0 aliphatic carbocycles. The van der Waals surface area contributed by atoms with Crippen LogP contribution in [0.4, 0.5) is 0 Å². The maximum absolute atomic E-state index is 12.4. The van der Waals surface area contributed by atoms with Crippen molar-refractivity contribution in [3.8, 4) is 11.5 Å². The molecule has 1 aliphatic rings. The van der Waals surface area contributed by atoms with Gasteiger partial charge in [0.1, 0.15) is 13.2 Å². The summed E-state index contributed by atoms with van der Waals surface area (Å²) in [7, 11) is 0. The Labute approximate surface area is 179 Å². The molecule has 0 saturated heterocycles. The second-order valence-electron chi connectivity index (χ2n) is 7.00. The molecule has 154 valence electrons. The summed E-state index contributed by atoms with van der Waals surface area (Å²) in [6.45, 7) is 4.88. The lowest BCUT2D eigenvalue weighted by molar-refractivity contribution is -0.121. The van der Waals surface area contributed by atoms with Crippen LogP contribution >= 0.6 is 23.2 Å². The first-order valence-corrected chi connectivity index (χ1v) is 10.0. The Bertz CT molecular complexity index is 918. The fourth-order valence-electron chi connectivity index (χ4n) is 3.01. The van der Waals surface area contributed by atoms with E-state index in [9.17, 15) is 9.59 Å². The van der Waals surface area contributed by atoms with Crippen molar-refractivity contribution in [3.05, 3.63) is 57.6 Å². The summed E-state index contributed by atoms with van der Waals surface area (Å²) >= 11 is 11.8. The SMILES string of the molecule is CC(C)[C@@H](NC(=O)CNC(=O)c1ccc(Cl)c(Cl)c1)c1ccc2c(c1)OCCO2. The quantitative estimate of drug-likeness (QED) is 0.716. The van der Waals surface area contributed by atoms with Crippen molar-refractivity contribution in [1.82, 2.24) is 10.6 Å². The number of ether oxygens (including phenoxy) is 2. The van der Waals surface area contributed by atoms with Gasteiger partial charge in [-0.3, -0.25) is 9.59 Å². The number of carbonyl (C=O) groups excluding carboxylic acids is 2. The van der Waals surface area contributed by atoms with E-state index in [1.807, 2.05) is 32.0 Å². The minimum Gasteiger partial charge on any atom is -0.486 e. The maximum atomic E-state index is 12.4. The predicted octanol–water partition coefficient (Wildman–Crippen LogP) is 4.01. The zero-order valence-electron chi connectivity index (χ0n) is 16.1. The van der Waals surface area contributed by atoms with E-state index < -0.39 is 5.91 Å². The molecule has 0 spiro atoms. The van der Waals surface area contributed by atoms with E-state index in [4.69, 9.17) is 32.7 Å². The first-order valence-electron chi connectivity index (χ1n) is 9.27. The monoisotopic (exact) mass is 436 g/mol. The van der Waals surface area contributed by atoms with E-state index in [0.29, 0.717) is 35.3 Å². The summed E-state index contributed by atoms with van der Waals surface area (Å²) in [6.07, 6.45) is 0. The number of nitrogens with one attached hydrogen (secondary N) is 2. The van der Waals surface area contributed by atoms with Crippen LogP contribution in [0.15, 0.2) is 36.4 Å². The molecule has 0 radical (unpaired) electrons. The minimum absolute atomic E-state index is 0.132. The lowest BCUT2D eigenvalue weighted by Gasteiger charge is -2.25. The van der Waals surface area contributed by atoms with Crippen molar-refractivity contribution in [1.29, 1.82) is 0 Å². The number of halogens is 2. The molecule has 0 fully saturated rings. The molecule has 8 heteroatoms. The van der Waals surface area contributed by atoms with Gasteiger partial charge in [-0.05, 0) is 41.8 Å². The Hall–Kier alpha value is -2.44. The topological polar surface area (TPSA) is 76.7 Å². The third kappa shape index (κ3) is 5.34. The van der Waals surface area contributed by atoms with Crippen molar-refractivity contribution >= 4 is 35.0 Å². The number of benzene rings is 2. The van der Waals surface area contributed by atoms with Gasteiger partial charge >= 0.3 is 0 Å². The Balaban J connectivity index is 1.62. The summed E-state index contributed by atoms with van der Waals surface area (Å²) in [5.41, 5.74) is 1.24. The third-order valence-corrected chi connectivity index (χ3v) is 5.24. The molecule has 3 rings (SSSR count). The van der Waals surface area contributed by atoms with E-state index in [0.717, 1.165) is 5.56 Å². The summed E-state index contributed by atoms with van der Waals surface area (Å²) in [4.78, 5) is 24.7. The molecule has 0 unspecified atom stereocenters. The van der Waals surface area contributed by atoms with Gasteiger partial charge < -0.3 is 20.1 Å². The van der Waals surface area contributed by atoms with Gasteiger partial charge in [-0.25, -0.2) is 0 Å². The van der Waals surface area contributed by atoms with Gasteiger partial charge in [0, 0.05) is 5.56 Å². The van der Waals surface area contributed by atoms with Gasteiger partial charge in [0.05, 0.1) is 22.6 Å². The van der Waals surface area contributed by atoms with Crippen LogP contribution in [0.2, 0.25) is 10.0 Å². The summed E-state index contributed by atoms with van der Waals surface area (Å²) in [5, 5.41) is 6.20. The molecule has 2 N–H and O–H groups in total. The molecule has 0 aromatic heterocycles. The van der Waals surface area contributed by atoms with Crippen LogP contribution in [0.25, 0.3) is 0 Å². The fourth-order valence-corrected chi connectivity index (χ4v) is 3.31. The number of fused-ring (bicyclic) bond motifs is 1. The maximum Gasteiger partial charge on any atom is 0.251 e. The van der Waals surface area contributed by atoms with E-state index >= 15 is 0 Å². The smallest absolute Gasteiger partial charge is 0.251 e. The highest BCUT2D eigenvalue weighted by Gasteiger charge is 2.22. The van der Waals surface area contributed by atoms with Gasteiger partial charge in [0.2, 0.25) is 5.91 Å². The average molecular weight is 437 g/mol. The highest BCUT2D eigenvalue weighted by molar-refractivity contribution is 6.42. The Morgan fingerprint density at radius 2 is 1.72 bits per heavy atom. The molecule has 2 amide bonds. The van der Waals surface area contributed by atoms with Crippen molar-refractivity contribution in [2.45, 2.75) is 19.9 Å². The first-order chi connectivity index (χ1) is 13.8. The minimum atomic E-state index is -0.404. The molecule has 1 heterocycles. The molecule has 1 atom stereocenters. The van der Waals surface area contributed by atoms with Crippen LogP contribution < -0.4 is 20.1 Å². The van der Waals surface area contributed by atoms with Crippen LogP contribution in [-0.2, 0) is 4.79 Å². The van der Waals surface area contributed by atoms with Gasteiger partial charge in [-0.1, -0.05) is 43.1 Å². The van der Waals surface area contributed by atoms with Crippen molar-refractivity contribution in [3.63, 3.8) is 0 Å². The number of carbonyl (C=O) groups is 2. The second kappa shape index (κ2) is 9.37. The normalized spacial score (nSPS) is 13.7. The standard InChI is InChI=1S/C21H22Cl2N2O4/c1-12(2)20(13-4-6-17-18(10-13)29-8-7-28-17)25-19(26)11-24-21(27)14-3-5-15(22)16(23)9-14/h3-6,9-10,12,20H,7-8,11H2,1-2H3,(H,24,27)(H,25,26)/t20-/m1/s1. The van der Waals surface area contributed by atoms with Crippen LogP contribution in [0.3, 0.4) is 0 Å². The molecular formula is C21H22Cl2N2O4. The van der Waals surface area contributed by atoms with Crippen LogP contribution in [0.1, 0.15) is 35.8 Å². The fraction of sp³-hybridized carbons (Fsp3) is 0.333. The first kappa shape index (κ1) is 21.3. The lowest BCUT2D eigenvalue weighted by Crippen LogP contribution is -2.40. The van der Waals surface area contributed by atoms with E-state index in [1.54, 1.807) is 6.07 Å². The Morgan fingerprint density at radius 1 is 1.00 bits per heavy atom. The zero-order chi connectivity index (χ0) is 21.0. The number of hydrogen-bond acceptors (Lipinski definition) is 4. The number of hydrogen-bond donors (Lipinski definition) is 2. The highest BCUT2D eigenvalue weighted by Crippen LogP contribution is 2.34. The summed E-state index contributed by atoms with van der Waals surface area (Å²) < 4.78 is 11.2. The molecule has 1 aliphatic heterocycles. The van der Waals surface area contributed by atoms with Crippen LogP contribution in [-0.4, -0.2) is 31.6 Å². The van der Waals surface area contributed by atoms with Crippen molar-refractivity contribution in [2.75, 3.05) is 19.8 Å². The van der Waals surface area contributed by atoms with Gasteiger partial charge in [-0.15, -0.1) is 0 Å². The van der Waals surface area contributed by atoms with Crippen molar-refractivity contribution in [2.24, 2.45) is 5.92 Å². The summed E-state index contributed by atoms with van der Waals surface area (Å²) in [6, 6.07) is 9.95. The molecule has 29 heavy (non-hydrogen) atoms. The van der Waals surface area contributed by atoms with Crippen LogP contribution in [0.5, 0.6) is 11.5 Å². The van der Waals surface area contributed by atoms with Crippen molar-refractivity contribution < 1.29 is 19.1 Å².